The Kier molecular flexibility index (Phi) is 3.98. The van der Waals surface area contributed by atoms with E-state index in [1.54, 1.807) is 0 Å². The number of fused-ring (bicyclic) bond motifs is 1. The third kappa shape index (κ3) is 2.76. The fraction of sp³-hybridized carbons (Fsp3) is 0.471. The van der Waals surface area contributed by atoms with Crippen molar-refractivity contribution in [1.29, 1.82) is 0 Å². The van der Waals surface area contributed by atoms with Gasteiger partial charge in [0.1, 0.15) is 0 Å². The van der Waals surface area contributed by atoms with Gasteiger partial charge < -0.3 is 5.32 Å². The molecule has 0 bridgehead atoms. The van der Waals surface area contributed by atoms with Crippen LogP contribution in [0.15, 0.2) is 36.0 Å². The van der Waals surface area contributed by atoms with Gasteiger partial charge in [0, 0.05) is 23.4 Å². The van der Waals surface area contributed by atoms with Gasteiger partial charge in [-0.1, -0.05) is 37.5 Å². The number of benzene rings is 1. The van der Waals surface area contributed by atoms with Crippen LogP contribution >= 0.6 is 0 Å². The summed E-state index contributed by atoms with van der Waals surface area (Å²) in [4.78, 5) is 11.8. The average molecular weight is 309 g/mol. The molecule has 1 aromatic carbocycles. The predicted octanol–water partition coefficient (Wildman–Crippen LogP) is 4.79. The fourth-order valence-electron chi connectivity index (χ4n) is 3.66. The van der Waals surface area contributed by atoms with E-state index in [1.165, 1.54) is 6.20 Å². The van der Waals surface area contributed by atoms with Crippen molar-refractivity contribution in [3.8, 4) is 0 Å². The van der Waals surface area contributed by atoms with Crippen LogP contribution in [0.3, 0.4) is 0 Å². The molecule has 5 heteroatoms. The first kappa shape index (κ1) is 15.1. The second-order valence-electron chi connectivity index (χ2n) is 6.03. The summed E-state index contributed by atoms with van der Waals surface area (Å²) in [6.07, 6.45) is 1.34. The summed E-state index contributed by atoms with van der Waals surface area (Å²) < 4.78 is 38.8. The number of carbonyl (C=O) groups is 1. The zero-order valence-corrected chi connectivity index (χ0v) is 12.1. The van der Waals surface area contributed by atoms with Gasteiger partial charge in [-0.25, -0.2) is 0 Å². The molecule has 1 heterocycles. The van der Waals surface area contributed by atoms with E-state index in [9.17, 15) is 18.0 Å². The maximum atomic E-state index is 12.9. The number of rotatable bonds is 2. The molecule has 1 N–H and O–H groups in total. The zero-order valence-electron chi connectivity index (χ0n) is 12.1. The second kappa shape index (κ2) is 5.78. The Morgan fingerprint density at radius 1 is 1.09 bits per heavy atom. The predicted molar refractivity (Wildman–Crippen MR) is 78.5 cm³/mol. The molecule has 3 rings (SSSR count). The molecule has 0 spiro atoms. The second-order valence-corrected chi connectivity index (χ2v) is 6.03. The van der Waals surface area contributed by atoms with Gasteiger partial charge in [-0.3, -0.25) is 4.79 Å². The molecule has 0 amide bonds. The lowest BCUT2D eigenvalue weighted by atomic mass is 9.71. The Morgan fingerprint density at radius 3 is 2.45 bits per heavy atom. The highest BCUT2D eigenvalue weighted by atomic mass is 19.4. The number of hydrogen-bond acceptors (Lipinski definition) is 2. The lowest BCUT2D eigenvalue weighted by Crippen LogP contribution is -2.33. The van der Waals surface area contributed by atoms with Gasteiger partial charge in [0.25, 0.3) is 5.78 Å². The van der Waals surface area contributed by atoms with E-state index in [1.807, 2.05) is 24.3 Å². The Bertz CT molecular complexity index is 600. The molecule has 1 aromatic rings. The highest BCUT2D eigenvalue weighted by Crippen LogP contribution is 2.46. The van der Waals surface area contributed by atoms with Gasteiger partial charge in [0.05, 0.1) is 0 Å². The minimum absolute atomic E-state index is 0.106. The van der Waals surface area contributed by atoms with Crippen molar-refractivity contribution in [3.63, 3.8) is 0 Å². The summed E-state index contributed by atoms with van der Waals surface area (Å²) in [6.45, 7) is 0. The van der Waals surface area contributed by atoms with E-state index >= 15 is 0 Å². The number of Topliss-reactive ketones (excluding diaryl/α,β-unsaturated/α-hetero) is 1. The Labute approximate surface area is 127 Å². The van der Waals surface area contributed by atoms with Crippen molar-refractivity contribution >= 4 is 11.5 Å². The van der Waals surface area contributed by atoms with Crippen LogP contribution in [0.5, 0.6) is 0 Å². The van der Waals surface area contributed by atoms with Crippen LogP contribution in [0.4, 0.5) is 18.9 Å². The maximum absolute atomic E-state index is 12.9. The van der Waals surface area contributed by atoms with E-state index in [2.05, 4.69) is 5.32 Å². The van der Waals surface area contributed by atoms with Crippen LogP contribution in [0.1, 0.15) is 43.6 Å². The van der Waals surface area contributed by atoms with Gasteiger partial charge >= 0.3 is 6.18 Å². The molecule has 1 aliphatic heterocycles. The van der Waals surface area contributed by atoms with Crippen molar-refractivity contribution in [3.05, 3.63) is 41.6 Å². The SMILES string of the molecule is O=C(C1=CNc2ccccc2C1C1CCCCC1)C(F)(F)F. The third-order valence-electron chi connectivity index (χ3n) is 4.65. The number of alkyl halides is 3. The number of allylic oxidation sites excluding steroid dienone is 1. The van der Waals surface area contributed by atoms with Crippen LogP contribution in [-0.2, 0) is 4.79 Å². The van der Waals surface area contributed by atoms with Gasteiger partial charge in [-0.05, 0) is 30.4 Å². The van der Waals surface area contributed by atoms with Crippen LogP contribution in [-0.4, -0.2) is 12.0 Å². The van der Waals surface area contributed by atoms with E-state index in [0.717, 1.165) is 43.4 Å². The average Bonchev–Trinajstić information content (AvgIpc) is 2.53. The zero-order chi connectivity index (χ0) is 15.7. The number of halogens is 3. The molecule has 1 atom stereocenters. The largest absolute Gasteiger partial charge is 0.454 e. The van der Waals surface area contributed by atoms with Crippen LogP contribution in [0.25, 0.3) is 0 Å². The molecular formula is C17H18F3NO. The fourth-order valence-corrected chi connectivity index (χ4v) is 3.66. The molecule has 0 saturated heterocycles. The molecule has 1 fully saturated rings. The molecule has 22 heavy (non-hydrogen) atoms. The van der Waals surface area contributed by atoms with E-state index in [4.69, 9.17) is 0 Å². The number of para-hydroxylation sites is 1. The molecular weight excluding hydrogens is 291 g/mol. The van der Waals surface area contributed by atoms with Gasteiger partial charge in [0.15, 0.2) is 0 Å². The van der Waals surface area contributed by atoms with Crippen molar-refractivity contribution in [2.75, 3.05) is 5.32 Å². The third-order valence-corrected chi connectivity index (χ3v) is 4.65. The molecule has 1 aliphatic carbocycles. The van der Waals surface area contributed by atoms with Crippen molar-refractivity contribution < 1.29 is 18.0 Å². The standard InChI is InChI=1S/C17H18F3NO/c18-17(19,20)16(22)13-10-21-14-9-5-4-8-12(14)15(13)11-6-2-1-3-7-11/h4-5,8-11,15,21H,1-3,6-7H2. The molecule has 0 aromatic heterocycles. The van der Waals surface area contributed by atoms with Gasteiger partial charge in [0.2, 0.25) is 0 Å². The number of carbonyl (C=O) groups excluding carboxylic acids is 1. The van der Waals surface area contributed by atoms with Crippen molar-refractivity contribution in [1.82, 2.24) is 0 Å². The Morgan fingerprint density at radius 2 is 1.77 bits per heavy atom. The lowest BCUT2D eigenvalue weighted by molar-refractivity contribution is -0.167. The lowest BCUT2D eigenvalue weighted by Gasteiger charge is -2.35. The number of hydrogen-bond donors (Lipinski definition) is 1. The summed E-state index contributed by atoms with van der Waals surface area (Å²) >= 11 is 0. The monoisotopic (exact) mass is 309 g/mol. The summed E-state index contributed by atoms with van der Waals surface area (Å²) in [5.41, 5.74) is 1.47. The summed E-state index contributed by atoms with van der Waals surface area (Å²) in [5, 5.41) is 2.85. The maximum Gasteiger partial charge on any atom is 0.454 e. The van der Waals surface area contributed by atoms with Crippen LogP contribution in [0.2, 0.25) is 0 Å². The quantitative estimate of drug-likeness (QED) is 0.851. The summed E-state index contributed by atoms with van der Waals surface area (Å²) in [5.74, 6) is -2.06. The smallest absolute Gasteiger partial charge is 0.361 e. The van der Waals surface area contributed by atoms with E-state index in [-0.39, 0.29) is 11.5 Å². The summed E-state index contributed by atoms with van der Waals surface area (Å²) in [7, 11) is 0. The van der Waals surface area contributed by atoms with Gasteiger partial charge in [-0.2, -0.15) is 13.2 Å². The molecule has 118 valence electrons. The molecule has 1 saturated carbocycles. The topological polar surface area (TPSA) is 29.1 Å². The van der Waals surface area contributed by atoms with E-state index in [0.29, 0.717) is 0 Å². The normalized spacial score (nSPS) is 22.5. The Balaban J connectivity index is 2.01. The van der Waals surface area contributed by atoms with Gasteiger partial charge in [-0.15, -0.1) is 0 Å². The minimum Gasteiger partial charge on any atom is -0.361 e. The summed E-state index contributed by atoms with van der Waals surface area (Å²) in [6, 6.07) is 7.33. The Hall–Kier alpha value is -1.78. The highest BCUT2D eigenvalue weighted by Gasteiger charge is 2.46. The molecule has 2 aliphatic rings. The van der Waals surface area contributed by atoms with Crippen LogP contribution in [0, 0.1) is 5.92 Å². The first-order valence-corrected chi connectivity index (χ1v) is 7.65. The molecule has 0 radical (unpaired) electrons. The van der Waals surface area contributed by atoms with E-state index < -0.39 is 17.9 Å². The molecule has 1 unspecified atom stereocenters. The number of ketones is 1. The number of nitrogens with one attached hydrogen (secondary N) is 1. The minimum atomic E-state index is -4.83. The first-order valence-electron chi connectivity index (χ1n) is 7.65. The van der Waals surface area contributed by atoms with Crippen LogP contribution < -0.4 is 5.32 Å². The van der Waals surface area contributed by atoms with Crippen molar-refractivity contribution in [2.45, 2.75) is 44.2 Å². The van der Waals surface area contributed by atoms with Crippen molar-refractivity contribution in [2.24, 2.45) is 5.92 Å². The first-order chi connectivity index (χ1) is 10.5. The molecule has 2 nitrogen and oxygen atoms in total. The number of anilines is 1. The highest BCUT2D eigenvalue weighted by molar-refractivity contribution is 6.02.